The van der Waals surface area contributed by atoms with Crippen molar-refractivity contribution >= 4 is 28.6 Å². The van der Waals surface area contributed by atoms with E-state index in [0.717, 1.165) is 16.9 Å². The minimum Gasteiger partial charge on any atom is -0.434 e. The Morgan fingerprint density at radius 1 is 1.24 bits per heavy atom. The van der Waals surface area contributed by atoms with Crippen LogP contribution in [0.3, 0.4) is 0 Å². The van der Waals surface area contributed by atoms with Crippen LogP contribution in [0.2, 0.25) is 5.02 Å². The van der Waals surface area contributed by atoms with Gasteiger partial charge in [0.05, 0.1) is 24.1 Å². The van der Waals surface area contributed by atoms with Crippen molar-refractivity contribution in [2.45, 2.75) is 26.6 Å². The number of ether oxygens (including phenoxy) is 1. The summed E-state index contributed by atoms with van der Waals surface area (Å²) in [5.41, 5.74) is 2.43. The summed E-state index contributed by atoms with van der Waals surface area (Å²) >= 11 is 5.99. The van der Waals surface area contributed by atoms with Crippen LogP contribution in [0.4, 0.5) is 8.78 Å². The molecule has 1 heterocycles. The average Bonchev–Trinajstić information content (AvgIpc) is 3.01. The molecule has 0 fully saturated rings. The van der Waals surface area contributed by atoms with Crippen LogP contribution < -0.4 is 15.4 Å². The Bertz CT molecular complexity index is 1010. The number of nitrogens with one attached hydrogen (secondary N) is 2. The SMILES string of the molecule is CCNC(=NCc1cc(Cl)ccc1OC(F)F)NCc1nc2ccccc2n1C. The summed E-state index contributed by atoms with van der Waals surface area (Å²) in [6, 6.07) is 12.4. The van der Waals surface area contributed by atoms with Crippen LogP contribution >= 0.6 is 11.6 Å². The Labute approximate surface area is 172 Å². The number of aryl methyl sites for hydroxylation is 1. The van der Waals surface area contributed by atoms with Gasteiger partial charge in [-0.3, -0.25) is 0 Å². The molecule has 154 valence electrons. The summed E-state index contributed by atoms with van der Waals surface area (Å²) in [6.45, 7) is 0.247. The van der Waals surface area contributed by atoms with E-state index in [1.165, 1.54) is 12.1 Å². The van der Waals surface area contributed by atoms with E-state index < -0.39 is 6.61 Å². The highest BCUT2D eigenvalue weighted by Crippen LogP contribution is 2.25. The lowest BCUT2D eigenvalue weighted by molar-refractivity contribution is -0.0504. The number of para-hydroxylation sites is 2. The van der Waals surface area contributed by atoms with E-state index in [9.17, 15) is 8.78 Å². The van der Waals surface area contributed by atoms with Gasteiger partial charge in [0.1, 0.15) is 11.6 Å². The van der Waals surface area contributed by atoms with Gasteiger partial charge in [-0.05, 0) is 37.3 Å². The van der Waals surface area contributed by atoms with Crippen molar-refractivity contribution in [1.29, 1.82) is 0 Å². The number of guanidine groups is 1. The predicted octanol–water partition coefficient (Wildman–Crippen LogP) is 4.08. The number of alkyl halides is 2. The second kappa shape index (κ2) is 9.56. The number of aliphatic imine (C=N–C) groups is 1. The van der Waals surface area contributed by atoms with Gasteiger partial charge in [-0.2, -0.15) is 8.78 Å². The lowest BCUT2D eigenvalue weighted by Gasteiger charge is -2.13. The third-order valence-corrected chi connectivity index (χ3v) is 4.52. The molecule has 0 radical (unpaired) electrons. The van der Waals surface area contributed by atoms with E-state index in [-0.39, 0.29) is 12.3 Å². The van der Waals surface area contributed by atoms with Gasteiger partial charge in [0, 0.05) is 24.2 Å². The molecule has 9 heteroatoms. The van der Waals surface area contributed by atoms with Crippen molar-refractivity contribution < 1.29 is 13.5 Å². The molecule has 2 N–H and O–H groups in total. The number of rotatable bonds is 7. The summed E-state index contributed by atoms with van der Waals surface area (Å²) in [5, 5.41) is 6.77. The largest absolute Gasteiger partial charge is 0.434 e. The van der Waals surface area contributed by atoms with Crippen molar-refractivity contribution in [3.8, 4) is 5.75 Å². The quantitative estimate of drug-likeness (QED) is 0.445. The Kier molecular flexibility index (Phi) is 6.87. The highest BCUT2D eigenvalue weighted by Gasteiger charge is 2.11. The third-order valence-electron chi connectivity index (χ3n) is 4.28. The van der Waals surface area contributed by atoms with Crippen LogP contribution in [0.15, 0.2) is 47.5 Å². The molecule has 0 aliphatic carbocycles. The molecule has 2 aromatic carbocycles. The Balaban J connectivity index is 1.75. The van der Waals surface area contributed by atoms with Crippen molar-refractivity contribution in [1.82, 2.24) is 20.2 Å². The first-order valence-corrected chi connectivity index (χ1v) is 9.51. The fraction of sp³-hybridized carbons (Fsp3) is 0.300. The Morgan fingerprint density at radius 3 is 2.76 bits per heavy atom. The summed E-state index contributed by atoms with van der Waals surface area (Å²) in [7, 11) is 1.95. The second-order valence-corrected chi connectivity index (χ2v) is 6.69. The van der Waals surface area contributed by atoms with Gasteiger partial charge in [0.2, 0.25) is 0 Å². The first-order chi connectivity index (χ1) is 14.0. The normalized spacial score (nSPS) is 11.9. The van der Waals surface area contributed by atoms with E-state index in [4.69, 9.17) is 11.6 Å². The molecule has 3 rings (SSSR count). The lowest BCUT2D eigenvalue weighted by Crippen LogP contribution is -2.37. The van der Waals surface area contributed by atoms with Gasteiger partial charge < -0.3 is 19.9 Å². The van der Waals surface area contributed by atoms with E-state index in [2.05, 4.69) is 25.3 Å². The fourth-order valence-electron chi connectivity index (χ4n) is 2.90. The Hall–Kier alpha value is -2.87. The van der Waals surface area contributed by atoms with Crippen molar-refractivity contribution in [2.24, 2.45) is 12.0 Å². The molecule has 0 saturated heterocycles. The molecule has 0 atom stereocenters. The molecule has 0 saturated carbocycles. The minimum absolute atomic E-state index is 0.0550. The fourth-order valence-corrected chi connectivity index (χ4v) is 3.10. The molecule has 6 nitrogen and oxygen atoms in total. The third kappa shape index (κ3) is 5.35. The highest BCUT2D eigenvalue weighted by molar-refractivity contribution is 6.30. The summed E-state index contributed by atoms with van der Waals surface area (Å²) < 4.78 is 31.8. The van der Waals surface area contributed by atoms with Gasteiger partial charge in [-0.15, -0.1) is 0 Å². The number of halogens is 3. The van der Waals surface area contributed by atoms with Crippen molar-refractivity contribution in [3.63, 3.8) is 0 Å². The first-order valence-electron chi connectivity index (χ1n) is 9.13. The zero-order chi connectivity index (χ0) is 20.8. The van der Waals surface area contributed by atoms with Crippen LogP contribution in [-0.4, -0.2) is 28.7 Å². The van der Waals surface area contributed by atoms with Crippen LogP contribution in [0.1, 0.15) is 18.3 Å². The zero-order valence-corrected chi connectivity index (χ0v) is 16.9. The van der Waals surface area contributed by atoms with E-state index >= 15 is 0 Å². The topological polar surface area (TPSA) is 63.5 Å². The maximum atomic E-state index is 12.6. The molecule has 3 aromatic rings. The lowest BCUT2D eigenvalue weighted by atomic mass is 10.2. The molecule has 0 bridgehead atoms. The molecule has 0 unspecified atom stereocenters. The monoisotopic (exact) mass is 421 g/mol. The molecule has 0 aliphatic heterocycles. The number of hydrogen-bond acceptors (Lipinski definition) is 3. The van der Waals surface area contributed by atoms with E-state index in [1.807, 2.05) is 42.8 Å². The van der Waals surface area contributed by atoms with Gasteiger partial charge in [-0.25, -0.2) is 9.98 Å². The maximum Gasteiger partial charge on any atom is 0.387 e. The number of hydrogen-bond donors (Lipinski definition) is 2. The number of imidazole rings is 1. The summed E-state index contributed by atoms with van der Waals surface area (Å²) in [6.07, 6.45) is 0. The standard InChI is InChI=1S/C20H22ClF2N5O/c1-3-24-20(25-11-13-10-14(21)8-9-17(13)29-19(22)23)26-12-18-27-15-6-4-5-7-16(15)28(18)2/h4-10,19H,3,11-12H2,1-2H3,(H2,24,25,26). The Morgan fingerprint density at radius 2 is 2.03 bits per heavy atom. The van der Waals surface area contributed by atoms with E-state index in [0.29, 0.717) is 29.6 Å². The number of benzene rings is 2. The molecule has 29 heavy (non-hydrogen) atoms. The van der Waals surface area contributed by atoms with Crippen molar-refractivity contribution in [3.05, 3.63) is 58.9 Å². The van der Waals surface area contributed by atoms with Crippen molar-refractivity contribution in [2.75, 3.05) is 6.54 Å². The van der Waals surface area contributed by atoms with E-state index in [1.54, 1.807) is 6.07 Å². The molecular weight excluding hydrogens is 400 g/mol. The number of aromatic nitrogens is 2. The van der Waals surface area contributed by atoms with Gasteiger partial charge in [0.15, 0.2) is 5.96 Å². The molecule has 0 spiro atoms. The molecule has 0 aliphatic rings. The summed E-state index contributed by atoms with van der Waals surface area (Å²) in [5.74, 6) is 1.43. The molecule has 1 aromatic heterocycles. The first kappa shape index (κ1) is 20.9. The smallest absolute Gasteiger partial charge is 0.387 e. The van der Waals surface area contributed by atoms with Gasteiger partial charge >= 0.3 is 6.61 Å². The average molecular weight is 422 g/mol. The zero-order valence-electron chi connectivity index (χ0n) is 16.1. The summed E-state index contributed by atoms with van der Waals surface area (Å²) in [4.78, 5) is 9.08. The maximum absolute atomic E-state index is 12.6. The van der Waals surface area contributed by atoms with Gasteiger partial charge in [-0.1, -0.05) is 23.7 Å². The molecular formula is C20H22ClF2N5O. The molecule has 0 amide bonds. The van der Waals surface area contributed by atoms with Gasteiger partial charge in [0.25, 0.3) is 0 Å². The van der Waals surface area contributed by atoms with Crippen LogP contribution in [-0.2, 0) is 20.1 Å². The van der Waals surface area contributed by atoms with Crippen LogP contribution in [0.25, 0.3) is 11.0 Å². The predicted molar refractivity (Wildman–Crippen MR) is 110 cm³/mol. The van der Waals surface area contributed by atoms with Crippen LogP contribution in [0, 0.1) is 0 Å². The highest BCUT2D eigenvalue weighted by atomic mass is 35.5. The number of fused-ring (bicyclic) bond motifs is 1. The second-order valence-electron chi connectivity index (χ2n) is 6.26. The number of nitrogens with zero attached hydrogens (tertiary/aromatic N) is 3. The minimum atomic E-state index is -2.91. The van der Waals surface area contributed by atoms with Crippen LogP contribution in [0.5, 0.6) is 5.75 Å².